The van der Waals surface area contributed by atoms with Crippen LogP contribution in [0, 0.1) is 17.1 Å². The molecule has 0 spiro atoms. The van der Waals surface area contributed by atoms with Gasteiger partial charge in [-0.25, -0.2) is 14.4 Å². The second kappa shape index (κ2) is 13.2. The molecule has 3 N–H and O–H groups in total. The Morgan fingerprint density at radius 2 is 1.95 bits per heavy atom. The highest BCUT2D eigenvalue weighted by atomic mass is 19.1. The molecular weight excluding hydrogens is 513 g/mol. The zero-order valence-electron chi connectivity index (χ0n) is 22.1. The van der Waals surface area contributed by atoms with Gasteiger partial charge in [-0.05, 0) is 42.0 Å². The van der Waals surface area contributed by atoms with Crippen LogP contribution in [0.2, 0.25) is 0 Å². The van der Waals surface area contributed by atoms with E-state index in [1.165, 1.54) is 31.5 Å². The number of pyridine rings is 1. The number of hydrogen-bond acceptors (Lipinski definition) is 9. The fraction of sp³-hybridized carbons (Fsp3) is 0.207. The van der Waals surface area contributed by atoms with Crippen molar-refractivity contribution in [3.63, 3.8) is 0 Å². The number of aliphatic hydroxyl groups is 1. The van der Waals surface area contributed by atoms with E-state index in [1.54, 1.807) is 30.6 Å². The quantitative estimate of drug-likeness (QED) is 0.335. The molecule has 3 heterocycles. The molecule has 0 radical (unpaired) electrons. The van der Waals surface area contributed by atoms with Crippen LogP contribution in [0.5, 0.6) is 5.75 Å². The topological polar surface area (TPSA) is 136 Å². The summed E-state index contributed by atoms with van der Waals surface area (Å²) in [6.07, 6.45) is 4.66. The lowest BCUT2D eigenvalue weighted by Gasteiger charge is -2.31. The maximum absolute atomic E-state index is 14.6. The Bertz CT molecular complexity index is 1530. The third kappa shape index (κ3) is 6.04. The lowest BCUT2D eigenvalue weighted by atomic mass is 10.0. The van der Waals surface area contributed by atoms with Crippen LogP contribution < -0.4 is 20.3 Å². The Hall–Kier alpha value is -4.92. The number of nitrogens with zero attached hydrogens (tertiary/aromatic N) is 5. The minimum atomic E-state index is -0.550. The number of ether oxygens (including phenoxy) is 1. The summed E-state index contributed by atoms with van der Waals surface area (Å²) in [5.41, 5.74) is 3.61. The predicted molar refractivity (Wildman–Crippen MR) is 150 cm³/mol. The van der Waals surface area contributed by atoms with E-state index in [4.69, 9.17) is 9.84 Å². The minimum absolute atomic E-state index is 0.0471. The first-order valence-corrected chi connectivity index (χ1v) is 12.4. The maximum Gasteiger partial charge on any atom is 0.274 e. The van der Waals surface area contributed by atoms with Crippen LogP contribution in [0.3, 0.4) is 0 Å². The van der Waals surface area contributed by atoms with E-state index >= 15 is 0 Å². The SMILES string of the molecule is CO.COc1cccc(F)c1-c1nccc(C(=O)Nc2ccc(-c3cnccc3C#N)cc2N2CCNCC2)n1. The number of piperazine rings is 1. The number of aliphatic hydroxyl groups excluding tert-OH is 1. The normalized spacial score (nSPS) is 12.5. The summed E-state index contributed by atoms with van der Waals surface area (Å²) in [5.74, 6) is -0.699. The minimum Gasteiger partial charge on any atom is -0.496 e. The van der Waals surface area contributed by atoms with E-state index in [9.17, 15) is 14.4 Å². The van der Waals surface area contributed by atoms with Gasteiger partial charge in [0, 0.05) is 57.4 Å². The van der Waals surface area contributed by atoms with Crippen LogP contribution in [0.15, 0.2) is 67.1 Å². The zero-order chi connectivity index (χ0) is 28.5. The number of carbonyl (C=O) groups is 1. The number of nitrogens with one attached hydrogen (secondary N) is 2. The van der Waals surface area contributed by atoms with Gasteiger partial charge in [0.15, 0.2) is 5.82 Å². The van der Waals surface area contributed by atoms with Crippen molar-refractivity contribution < 1.29 is 19.0 Å². The largest absolute Gasteiger partial charge is 0.496 e. The number of anilines is 2. The van der Waals surface area contributed by atoms with Gasteiger partial charge in [0.2, 0.25) is 0 Å². The molecule has 2 aromatic carbocycles. The molecule has 0 unspecified atom stereocenters. The average molecular weight is 542 g/mol. The molecule has 1 aliphatic heterocycles. The molecule has 11 heteroatoms. The zero-order valence-corrected chi connectivity index (χ0v) is 22.1. The predicted octanol–water partition coefficient (Wildman–Crippen LogP) is 3.50. The van der Waals surface area contributed by atoms with Crippen molar-refractivity contribution in [3.05, 3.63) is 84.2 Å². The fourth-order valence-electron chi connectivity index (χ4n) is 4.38. The van der Waals surface area contributed by atoms with E-state index in [2.05, 4.69) is 36.6 Å². The molecule has 1 amide bonds. The van der Waals surface area contributed by atoms with Crippen molar-refractivity contribution in [1.82, 2.24) is 20.3 Å². The van der Waals surface area contributed by atoms with E-state index in [-0.39, 0.29) is 22.8 Å². The highest BCUT2D eigenvalue weighted by molar-refractivity contribution is 6.05. The number of benzene rings is 2. The van der Waals surface area contributed by atoms with Crippen LogP contribution in [-0.2, 0) is 0 Å². The number of aromatic nitrogens is 3. The summed E-state index contributed by atoms with van der Waals surface area (Å²) in [7, 11) is 2.43. The summed E-state index contributed by atoms with van der Waals surface area (Å²) < 4.78 is 19.9. The second-order valence-corrected chi connectivity index (χ2v) is 8.54. The van der Waals surface area contributed by atoms with Gasteiger partial charge in [0.25, 0.3) is 5.91 Å². The number of hydrogen-bond donors (Lipinski definition) is 3. The molecule has 204 valence electrons. The molecule has 40 heavy (non-hydrogen) atoms. The Morgan fingerprint density at radius 3 is 2.70 bits per heavy atom. The third-order valence-electron chi connectivity index (χ3n) is 6.26. The maximum atomic E-state index is 14.6. The number of methoxy groups -OCH3 is 1. The summed E-state index contributed by atoms with van der Waals surface area (Å²) in [5, 5.41) is 22.8. The summed E-state index contributed by atoms with van der Waals surface area (Å²) in [6, 6.07) is 15.4. The summed E-state index contributed by atoms with van der Waals surface area (Å²) in [4.78, 5) is 28.2. The van der Waals surface area contributed by atoms with Crippen LogP contribution in [0.4, 0.5) is 15.8 Å². The number of amides is 1. The molecule has 1 aliphatic rings. The first-order chi connectivity index (χ1) is 19.6. The molecule has 1 saturated heterocycles. The van der Waals surface area contributed by atoms with Crippen molar-refractivity contribution in [1.29, 1.82) is 5.26 Å². The fourth-order valence-corrected chi connectivity index (χ4v) is 4.38. The standard InChI is InChI=1S/C28H24FN7O2.CH4O/c1-38-25-4-2-3-21(29)26(25)27-33-10-8-23(34-27)28(37)35-22-6-5-18(20-17-32-9-7-19(20)16-30)15-24(22)36-13-11-31-12-14-36;1-2/h2-10,15,17,31H,11-14H2,1H3,(H,35,37);2H,1H3. The summed E-state index contributed by atoms with van der Waals surface area (Å²) in [6.45, 7) is 3.09. The molecule has 10 nitrogen and oxygen atoms in total. The molecule has 2 aromatic heterocycles. The van der Waals surface area contributed by atoms with Crippen LogP contribution in [-0.4, -0.2) is 66.4 Å². The lowest BCUT2D eigenvalue weighted by Crippen LogP contribution is -2.43. The Balaban J connectivity index is 0.00000181. The van der Waals surface area contributed by atoms with Gasteiger partial charge >= 0.3 is 0 Å². The van der Waals surface area contributed by atoms with Crippen molar-refractivity contribution in [3.8, 4) is 34.3 Å². The first kappa shape index (κ1) is 28.1. The van der Waals surface area contributed by atoms with Gasteiger partial charge in [0.1, 0.15) is 17.3 Å². The summed E-state index contributed by atoms with van der Waals surface area (Å²) >= 11 is 0. The number of carbonyl (C=O) groups excluding carboxylic acids is 1. The lowest BCUT2D eigenvalue weighted by molar-refractivity contribution is 0.102. The van der Waals surface area contributed by atoms with E-state index < -0.39 is 11.7 Å². The van der Waals surface area contributed by atoms with Crippen molar-refractivity contribution in [2.24, 2.45) is 0 Å². The van der Waals surface area contributed by atoms with Gasteiger partial charge in [-0.3, -0.25) is 9.78 Å². The van der Waals surface area contributed by atoms with Gasteiger partial charge in [0.05, 0.1) is 35.7 Å². The molecule has 0 aliphatic carbocycles. The highest BCUT2D eigenvalue weighted by Gasteiger charge is 2.20. The molecule has 4 aromatic rings. The van der Waals surface area contributed by atoms with Crippen molar-refractivity contribution >= 4 is 17.3 Å². The third-order valence-corrected chi connectivity index (χ3v) is 6.26. The van der Waals surface area contributed by atoms with Gasteiger partial charge in [-0.15, -0.1) is 0 Å². The van der Waals surface area contributed by atoms with E-state index in [0.29, 0.717) is 16.8 Å². The molecular formula is C29H28FN7O3. The van der Waals surface area contributed by atoms with Gasteiger partial charge in [-0.1, -0.05) is 12.1 Å². The van der Waals surface area contributed by atoms with E-state index in [0.717, 1.165) is 44.5 Å². The van der Waals surface area contributed by atoms with Gasteiger partial charge < -0.3 is 25.4 Å². The van der Waals surface area contributed by atoms with E-state index in [1.807, 2.05) is 12.1 Å². The molecule has 0 saturated carbocycles. The second-order valence-electron chi connectivity index (χ2n) is 8.54. The smallest absolute Gasteiger partial charge is 0.274 e. The molecule has 1 fully saturated rings. The van der Waals surface area contributed by atoms with Gasteiger partial charge in [-0.2, -0.15) is 5.26 Å². The highest BCUT2D eigenvalue weighted by Crippen LogP contribution is 2.34. The Morgan fingerprint density at radius 1 is 1.15 bits per heavy atom. The monoisotopic (exact) mass is 541 g/mol. The van der Waals surface area contributed by atoms with Crippen LogP contribution >= 0.6 is 0 Å². The molecule has 0 atom stereocenters. The van der Waals surface area contributed by atoms with Crippen LogP contribution in [0.1, 0.15) is 16.1 Å². The number of rotatable bonds is 6. The molecule has 5 rings (SSSR count). The number of halogens is 1. The molecule has 0 bridgehead atoms. The van der Waals surface area contributed by atoms with Crippen molar-refractivity contribution in [2.75, 3.05) is 50.6 Å². The average Bonchev–Trinajstić information content (AvgIpc) is 3.02. The first-order valence-electron chi connectivity index (χ1n) is 12.4. The van der Waals surface area contributed by atoms with Crippen molar-refractivity contribution in [2.45, 2.75) is 0 Å². The number of nitriles is 1. The Kier molecular flexibility index (Phi) is 9.30. The van der Waals surface area contributed by atoms with Crippen LogP contribution in [0.25, 0.3) is 22.5 Å². The Labute approximate surface area is 231 Å².